The Hall–Kier alpha value is -3.18. The molecule has 1 unspecified atom stereocenters. The van der Waals surface area contributed by atoms with E-state index in [0.29, 0.717) is 37.4 Å². The summed E-state index contributed by atoms with van der Waals surface area (Å²) in [4.78, 5) is 17.7. The molecule has 3 aromatic carbocycles. The smallest absolute Gasteiger partial charge is 0.184 e. The molecule has 0 saturated carbocycles. The molecule has 1 fully saturated rings. The third-order valence-electron chi connectivity index (χ3n) is 5.61. The van der Waals surface area contributed by atoms with Gasteiger partial charge in [-0.25, -0.2) is 4.39 Å². The molecule has 1 saturated heterocycles. The topological polar surface area (TPSA) is 32.8 Å². The number of halogens is 1. The number of para-hydroxylation sites is 1. The summed E-state index contributed by atoms with van der Waals surface area (Å²) in [6.45, 7) is 2.69. The zero-order valence-electron chi connectivity index (χ0n) is 17.0. The number of carbonyl (C=O) groups is 1. The number of ether oxygens (including phenoxy) is 1. The van der Waals surface area contributed by atoms with E-state index in [9.17, 15) is 9.18 Å². The van der Waals surface area contributed by atoms with Crippen molar-refractivity contribution >= 4 is 11.5 Å². The van der Waals surface area contributed by atoms with Crippen LogP contribution in [-0.4, -0.2) is 44.0 Å². The minimum atomic E-state index is -0.373. The maximum Gasteiger partial charge on any atom is 0.184 e. The van der Waals surface area contributed by atoms with Crippen LogP contribution >= 0.6 is 0 Å². The van der Waals surface area contributed by atoms with E-state index in [1.165, 1.54) is 6.07 Å². The Kier molecular flexibility index (Phi) is 6.10. The van der Waals surface area contributed by atoms with Gasteiger partial charge in [0.25, 0.3) is 0 Å². The molecule has 0 aromatic heterocycles. The van der Waals surface area contributed by atoms with Gasteiger partial charge in [0.2, 0.25) is 0 Å². The molecule has 1 atom stereocenters. The van der Waals surface area contributed by atoms with E-state index in [2.05, 4.69) is 4.90 Å². The number of ketones is 1. The molecular weight excluding hydrogens is 379 g/mol. The number of benzene rings is 3. The van der Waals surface area contributed by atoms with E-state index < -0.39 is 0 Å². The summed E-state index contributed by atoms with van der Waals surface area (Å²) in [6, 6.07) is 23.6. The van der Waals surface area contributed by atoms with Gasteiger partial charge in [0.1, 0.15) is 11.6 Å². The predicted molar refractivity (Wildman–Crippen MR) is 117 cm³/mol. The Morgan fingerprint density at radius 2 is 1.50 bits per heavy atom. The summed E-state index contributed by atoms with van der Waals surface area (Å²) < 4.78 is 19.4. The van der Waals surface area contributed by atoms with Crippen LogP contribution in [-0.2, 0) is 0 Å². The van der Waals surface area contributed by atoms with Crippen LogP contribution in [0.1, 0.15) is 22.0 Å². The average Bonchev–Trinajstić information content (AvgIpc) is 2.81. The number of carbonyl (C=O) groups excluding carboxylic acids is 1. The number of hydrogen-bond acceptors (Lipinski definition) is 4. The van der Waals surface area contributed by atoms with Gasteiger partial charge in [-0.1, -0.05) is 42.5 Å². The van der Waals surface area contributed by atoms with Gasteiger partial charge in [-0.05, 0) is 42.0 Å². The van der Waals surface area contributed by atoms with Gasteiger partial charge in [0.05, 0.1) is 18.8 Å². The minimum Gasteiger partial charge on any atom is -0.497 e. The second kappa shape index (κ2) is 9.09. The Morgan fingerprint density at radius 1 is 0.867 bits per heavy atom. The lowest BCUT2D eigenvalue weighted by Gasteiger charge is -2.40. The van der Waals surface area contributed by atoms with Crippen molar-refractivity contribution in [2.24, 2.45) is 0 Å². The highest BCUT2D eigenvalue weighted by Crippen LogP contribution is 2.29. The highest BCUT2D eigenvalue weighted by molar-refractivity contribution is 6.00. The molecule has 0 bridgehead atoms. The summed E-state index contributed by atoms with van der Waals surface area (Å²) in [6.07, 6.45) is 0. The molecule has 0 aliphatic carbocycles. The standard InChI is InChI=1S/C25H25FN2O2/c1-30-21-13-11-20(12-14-21)25(29)24(19-7-3-2-4-8-19)28-17-15-27(16-18-28)23-10-6-5-9-22(23)26/h2-14,24H,15-18H2,1H3. The summed E-state index contributed by atoms with van der Waals surface area (Å²) in [5.41, 5.74) is 2.24. The third kappa shape index (κ3) is 4.21. The lowest BCUT2D eigenvalue weighted by molar-refractivity contribution is 0.0806. The first kappa shape index (κ1) is 20.1. The number of piperazine rings is 1. The molecule has 1 aliphatic rings. The van der Waals surface area contributed by atoms with E-state index in [-0.39, 0.29) is 17.6 Å². The van der Waals surface area contributed by atoms with Crippen LogP contribution in [0.3, 0.4) is 0 Å². The molecule has 3 aromatic rings. The zero-order valence-corrected chi connectivity index (χ0v) is 17.0. The lowest BCUT2D eigenvalue weighted by atomic mass is 9.95. The van der Waals surface area contributed by atoms with Crippen molar-refractivity contribution in [2.75, 3.05) is 38.2 Å². The molecule has 0 radical (unpaired) electrons. The van der Waals surface area contributed by atoms with E-state index >= 15 is 0 Å². The van der Waals surface area contributed by atoms with Crippen molar-refractivity contribution in [2.45, 2.75) is 6.04 Å². The van der Waals surface area contributed by atoms with Gasteiger partial charge in [0.15, 0.2) is 5.78 Å². The first-order valence-corrected chi connectivity index (χ1v) is 10.1. The van der Waals surface area contributed by atoms with Crippen LogP contribution in [0, 0.1) is 5.82 Å². The Morgan fingerprint density at radius 3 is 2.13 bits per heavy atom. The van der Waals surface area contributed by atoms with E-state index in [1.54, 1.807) is 13.2 Å². The van der Waals surface area contributed by atoms with E-state index in [1.807, 2.05) is 71.6 Å². The average molecular weight is 404 g/mol. The molecule has 30 heavy (non-hydrogen) atoms. The van der Waals surface area contributed by atoms with Gasteiger partial charge in [-0.2, -0.15) is 0 Å². The third-order valence-corrected chi connectivity index (χ3v) is 5.61. The van der Waals surface area contributed by atoms with Crippen LogP contribution in [0.4, 0.5) is 10.1 Å². The molecule has 0 amide bonds. The van der Waals surface area contributed by atoms with E-state index in [0.717, 1.165) is 11.3 Å². The molecule has 1 aliphatic heterocycles. The Bertz CT molecular complexity index is 984. The minimum absolute atomic E-state index is 0.0585. The maximum absolute atomic E-state index is 14.2. The fourth-order valence-corrected chi connectivity index (χ4v) is 4.01. The molecule has 154 valence electrons. The first-order valence-electron chi connectivity index (χ1n) is 10.1. The zero-order chi connectivity index (χ0) is 20.9. The maximum atomic E-state index is 14.2. The predicted octanol–water partition coefficient (Wildman–Crippen LogP) is 4.58. The molecule has 1 heterocycles. The van der Waals surface area contributed by atoms with Gasteiger partial charge in [0, 0.05) is 31.7 Å². The van der Waals surface area contributed by atoms with E-state index in [4.69, 9.17) is 4.74 Å². The van der Waals surface area contributed by atoms with Crippen LogP contribution in [0.25, 0.3) is 0 Å². The number of anilines is 1. The fourth-order valence-electron chi connectivity index (χ4n) is 4.01. The molecule has 0 spiro atoms. The van der Waals surface area contributed by atoms with Crippen LogP contribution in [0.15, 0.2) is 78.9 Å². The first-order chi connectivity index (χ1) is 14.7. The summed E-state index contributed by atoms with van der Waals surface area (Å²) in [5.74, 6) is 0.573. The Labute approximate surface area is 176 Å². The van der Waals surface area contributed by atoms with Gasteiger partial charge < -0.3 is 9.64 Å². The van der Waals surface area contributed by atoms with Crippen molar-refractivity contribution in [1.82, 2.24) is 4.90 Å². The normalized spacial score (nSPS) is 15.6. The molecule has 0 N–H and O–H groups in total. The monoisotopic (exact) mass is 404 g/mol. The highest BCUT2D eigenvalue weighted by atomic mass is 19.1. The van der Waals surface area contributed by atoms with Crippen molar-refractivity contribution in [3.05, 3.63) is 95.8 Å². The quantitative estimate of drug-likeness (QED) is 0.563. The molecule has 4 rings (SSSR count). The number of nitrogens with zero attached hydrogens (tertiary/aromatic N) is 2. The van der Waals surface area contributed by atoms with Gasteiger partial charge in [-0.3, -0.25) is 9.69 Å². The summed E-state index contributed by atoms with van der Waals surface area (Å²) in [5, 5.41) is 0. The van der Waals surface area contributed by atoms with Gasteiger partial charge in [-0.15, -0.1) is 0 Å². The molecular formula is C25H25FN2O2. The molecule has 4 nitrogen and oxygen atoms in total. The number of methoxy groups -OCH3 is 1. The van der Waals surface area contributed by atoms with Gasteiger partial charge >= 0.3 is 0 Å². The highest BCUT2D eigenvalue weighted by Gasteiger charge is 2.31. The summed E-state index contributed by atoms with van der Waals surface area (Å²) >= 11 is 0. The van der Waals surface area contributed by atoms with Crippen LogP contribution in [0.2, 0.25) is 0 Å². The lowest BCUT2D eigenvalue weighted by Crippen LogP contribution is -2.49. The molecule has 5 heteroatoms. The van der Waals surface area contributed by atoms with Crippen molar-refractivity contribution in [3.63, 3.8) is 0 Å². The van der Waals surface area contributed by atoms with Crippen LogP contribution in [0.5, 0.6) is 5.75 Å². The van der Waals surface area contributed by atoms with Crippen molar-refractivity contribution < 1.29 is 13.9 Å². The van der Waals surface area contributed by atoms with Crippen molar-refractivity contribution in [3.8, 4) is 5.75 Å². The number of Topliss-reactive ketones (excluding diaryl/α,β-unsaturated/α-hetero) is 1. The second-order valence-corrected chi connectivity index (χ2v) is 7.38. The number of rotatable bonds is 6. The second-order valence-electron chi connectivity index (χ2n) is 7.38. The van der Waals surface area contributed by atoms with Crippen molar-refractivity contribution in [1.29, 1.82) is 0 Å². The Balaban J connectivity index is 1.56. The largest absolute Gasteiger partial charge is 0.497 e. The number of hydrogen-bond donors (Lipinski definition) is 0. The SMILES string of the molecule is COc1ccc(C(=O)C(c2ccccc2)N2CCN(c3ccccc3F)CC2)cc1. The summed E-state index contributed by atoms with van der Waals surface area (Å²) in [7, 11) is 1.61. The van der Waals surface area contributed by atoms with Crippen LogP contribution < -0.4 is 9.64 Å². The fraction of sp³-hybridized carbons (Fsp3) is 0.240.